The number of allylic oxidation sites excluding steroid dienone is 10. The Morgan fingerprint density at radius 3 is 0.795 bits per heavy atom. The summed E-state index contributed by atoms with van der Waals surface area (Å²) in [4.78, 5) is 38.4. The second-order valence-corrected chi connectivity index (χ2v) is 23.1. The molecule has 0 radical (unpaired) electrons. The monoisotopic (exact) mass is 1090 g/mol. The fourth-order valence-corrected chi connectivity index (χ4v) is 10.1. The molecular weight excluding hydrogens is 961 g/mol. The zero-order valence-corrected chi connectivity index (χ0v) is 52.2. The van der Waals surface area contributed by atoms with Crippen molar-refractivity contribution in [1.29, 1.82) is 0 Å². The third-order valence-corrected chi connectivity index (χ3v) is 15.3. The minimum Gasteiger partial charge on any atom is -0.462 e. The number of carbonyl (C=O) groups is 3. The topological polar surface area (TPSA) is 78.9 Å². The van der Waals surface area contributed by atoms with Crippen LogP contribution in [-0.4, -0.2) is 37.2 Å². The summed E-state index contributed by atoms with van der Waals surface area (Å²) in [6.45, 7) is 6.58. The van der Waals surface area contributed by atoms with E-state index in [1.165, 1.54) is 238 Å². The average Bonchev–Trinajstić information content (AvgIpc) is 3.44. The van der Waals surface area contributed by atoms with E-state index < -0.39 is 6.10 Å². The molecule has 0 spiro atoms. The molecule has 0 aliphatic rings. The summed E-state index contributed by atoms with van der Waals surface area (Å²) in [5, 5.41) is 0. The van der Waals surface area contributed by atoms with Crippen molar-refractivity contribution in [2.45, 2.75) is 367 Å². The Morgan fingerprint density at radius 1 is 0.269 bits per heavy atom. The molecule has 0 heterocycles. The Morgan fingerprint density at radius 2 is 0.500 bits per heavy atom. The lowest BCUT2D eigenvalue weighted by Crippen LogP contribution is -2.30. The number of carbonyl (C=O) groups excluding carboxylic acids is 3. The molecule has 0 fully saturated rings. The van der Waals surface area contributed by atoms with Crippen LogP contribution in [0.2, 0.25) is 0 Å². The van der Waals surface area contributed by atoms with Crippen molar-refractivity contribution < 1.29 is 28.6 Å². The quantitative estimate of drug-likeness (QED) is 0.0261. The van der Waals surface area contributed by atoms with Crippen LogP contribution < -0.4 is 0 Å². The molecule has 0 saturated heterocycles. The van der Waals surface area contributed by atoms with Crippen LogP contribution in [0.25, 0.3) is 0 Å². The molecule has 78 heavy (non-hydrogen) atoms. The van der Waals surface area contributed by atoms with Crippen LogP contribution in [0.1, 0.15) is 361 Å². The van der Waals surface area contributed by atoms with Crippen LogP contribution in [0, 0.1) is 0 Å². The molecule has 0 rings (SSSR count). The van der Waals surface area contributed by atoms with Gasteiger partial charge in [0.25, 0.3) is 0 Å². The minimum atomic E-state index is -0.774. The Bertz CT molecular complexity index is 1390. The van der Waals surface area contributed by atoms with Gasteiger partial charge in [-0.05, 0) is 83.5 Å². The van der Waals surface area contributed by atoms with E-state index in [0.717, 1.165) is 83.5 Å². The van der Waals surface area contributed by atoms with E-state index in [0.29, 0.717) is 19.3 Å². The lowest BCUT2D eigenvalue weighted by atomic mass is 10.0. The molecule has 0 amide bonds. The van der Waals surface area contributed by atoms with Crippen LogP contribution in [0.4, 0.5) is 0 Å². The summed E-state index contributed by atoms with van der Waals surface area (Å²) in [6.07, 6.45) is 85.3. The number of rotatable bonds is 63. The first-order chi connectivity index (χ1) is 38.5. The molecule has 6 heteroatoms. The number of unbranched alkanes of at least 4 members (excludes halogenated alkanes) is 42. The van der Waals surface area contributed by atoms with Gasteiger partial charge in [0.1, 0.15) is 13.2 Å². The van der Waals surface area contributed by atoms with Gasteiger partial charge in [-0.1, -0.05) is 319 Å². The molecule has 1 atom stereocenters. The van der Waals surface area contributed by atoms with Crippen molar-refractivity contribution in [3.05, 3.63) is 60.8 Å². The third kappa shape index (κ3) is 63.9. The van der Waals surface area contributed by atoms with Gasteiger partial charge in [-0.2, -0.15) is 0 Å². The van der Waals surface area contributed by atoms with Crippen molar-refractivity contribution in [1.82, 2.24) is 0 Å². The zero-order valence-electron chi connectivity index (χ0n) is 52.2. The Kier molecular flexibility index (Phi) is 64.2. The first kappa shape index (κ1) is 75.1. The van der Waals surface area contributed by atoms with Gasteiger partial charge < -0.3 is 14.2 Å². The molecular formula is C72H130O6. The fourth-order valence-electron chi connectivity index (χ4n) is 10.1. The summed E-state index contributed by atoms with van der Waals surface area (Å²) in [5.74, 6) is -0.851. The van der Waals surface area contributed by atoms with Crippen LogP contribution in [-0.2, 0) is 28.6 Å². The van der Waals surface area contributed by atoms with Crippen LogP contribution in [0.15, 0.2) is 60.8 Å². The van der Waals surface area contributed by atoms with Gasteiger partial charge in [0.15, 0.2) is 6.10 Å². The smallest absolute Gasteiger partial charge is 0.306 e. The molecule has 0 aliphatic heterocycles. The maximum atomic E-state index is 12.9. The molecule has 0 saturated carbocycles. The van der Waals surface area contributed by atoms with E-state index >= 15 is 0 Å². The average molecular weight is 1090 g/mol. The normalized spacial score (nSPS) is 12.4. The van der Waals surface area contributed by atoms with E-state index in [9.17, 15) is 14.4 Å². The molecule has 0 bridgehead atoms. The van der Waals surface area contributed by atoms with Gasteiger partial charge >= 0.3 is 17.9 Å². The highest BCUT2D eigenvalue weighted by Gasteiger charge is 2.19. The molecule has 0 aromatic heterocycles. The standard InChI is InChI=1S/C72H130O6/c1-4-7-10-13-16-19-22-25-27-29-31-33-35-36-38-39-41-43-45-47-50-53-56-59-62-65-71(74)77-68-69(67-76-70(73)64-61-58-55-52-49-24-21-18-15-12-9-6-3)78-72(75)66-63-60-57-54-51-48-46-44-42-40-37-34-32-30-28-26-23-20-17-14-11-8-5-2/h7,10,16,19,25,27,30-33,69H,4-6,8-9,11-15,17-18,20-24,26,28-29,34-68H2,1-3H3/b10-7-,19-16-,27-25-,32-30-,33-31-. The number of esters is 3. The van der Waals surface area contributed by atoms with Gasteiger partial charge in [0.05, 0.1) is 0 Å². The lowest BCUT2D eigenvalue weighted by molar-refractivity contribution is -0.167. The van der Waals surface area contributed by atoms with Crippen molar-refractivity contribution in [3.63, 3.8) is 0 Å². The van der Waals surface area contributed by atoms with E-state index in [1.54, 1.807) is 0 Å². The molecule has 0 aliphatic carbocycles. The van der Waals surface area contributed by atoms with Gasteiger partial charge in [-0.25, -0.2) is 0 Å². The van der Waals surface area contributed by atoms with Crippen molar-refractivity contribution >= 4 is 17.9 Å². The molecule has 1 unspecified atom stereocenters. The Balaban J connectivity index is 4.24. The lowest BCUT2D eigenvalue weighted by Gasteiger charge is -2.18. The number of hydrogen-bond acceptors (Lipinski definition) is 6. The number of hydrogen-bond donors (Lipinski definition) is 0. The predicted octanol–water partition coefficient (Wildman–Crippen LogP) is 23.5. The van der Waals surface area contributed by atoms with Crippen molar-refractivity contribution in [3.8, 4) is 0 Å². The Hall–Kier alpha value is -2.89. The maximum absolute atomic E-state index is 12.9. The summed E-state index contributed by atoms with van der Waals surface area (Å²) in [7, 11) is 0. The predicted molar refractivity (Wildman–Crippen MR) is 339 cm³/mol. The summed E-state index contributed by atoms with van der Waals surface area (Å²) < 4.78 is 17.0. The molecule has 6 nitrogen and oxygen atoms in total. The largest absolute Gasteiger partial charge is 0.462 e. The second-order valence-electron chi connectivity index (χ2n) is 23.1. The van der Waals surface area contributed by atoms with E-state index in [4.69, 9.17) is 14.2 Å². The highest BCUT2D eigenvalue weighted by atomic mass is 16.6. The SMILES string of the molecule is CC/C=C\C/C=C\C/C=C\C/C=C\CCCCCCCCCCCCCCC(=O)OCC(COC(=O)CCCCCCCCCCCCCC)OC(=O)CCCCCCCCCCCCC/C=C\CCCCCCCCCC. The minimum absolute atomic E-state index is 0.0702. The first-order valence-electron chi connectivity index (χ1n) is 34.3. The Labute approximate surface area is 485 Å². The molecule has 0 aromatic carbocycles. The fraction of sp³-hybridized carbons (Fsp3) is 0.819. The van der Waals surface area contributed by atoms with E-state index in [1.807, 2.05) is 0 Å². The van der Waals surface area contributed by atoms with Gasteiger partial charge in [-0.3, -0.25) is 14.4 Å². The van der Waals surface area contributed by atoms with Gasteiger partial charge in [-0.15, -0.1) is 0 Å². The molecule has 0 N–H and O–H groups in total. The third-order valence-electron chi connectivity index (χ3n) is 15.3. The summed E-state index contributed by atoms with van der Waals surface area (Å²) in [6, 6.07) is 0. The van der Waals surface area contributed by atoms with Crippen molar-refractivity contribution in [2.75, 3.05) is 13.2 Å². The maximum Gasteiger partial charge on any atom is 0.306 e. The number of ether oxygens (including phenoxy) is 3. The van der Waals surface area contributed by atoms with Crippen molar-refractivity contribution in [2.24, 2.45) is 0 Å². The highest BCUT2D eigenvalue weighted by molar-refractivity contribution is 5.71. The van der Waals surface area contributed by atoms with E-state index in [-0.39, 0.29) is 31.1 Å². The summed E-state index contributed by atoms with van der Waals surface area (Å²) >= 11 is 0. The summed E-state index contributed by atoms with van der Waals surface area (Å²) in [5.41, 5.74) is 0. The molecule has 454 valence electrons. The zero-order chi connectivity index (χ0) is 56.4. The second kappa shape index (κ2) is 66.6. The van der Waals surface area contributed by atoms with Gasteiger partial charge in [0.2, 0.25) is 0 Å². The first-order valence-corrected chi connectivity index (χ1v) is 34.3. The highest BCUT2D eigenvalue weighted by Crippen LogP contribution is 2.18. The van der Waals surface area contributed by atoms with Crippen LogP contribution >= 0.6 is 0 Å². The molecule has 0 aromatic rings. The van der Waals surface area contributed by atoms with Crippen LogP contribution in [0.5, 0.6) is 0 Å². The van der Waals surface area contributed by atoms with Gasteiger partial charge in [0, 0.05) is 19.3 Å². The van der Waals surface area contributed by atoms with E-state index in [2.05, 4.69) is 81.5 Å². The van der Waals surface area contributed by atoms with Crippen LogP contribution in [0.3, 0.4) is 0 Å².